The normalized spacial score (nSPS) is 16.2. The van der Waals surface area contributed by atoms with Crippen LogP contribution in [-0.4, -0.2) is 17.1 Å². The highest BCUT2D eigenvalue weighted by Crippen LogP contribution is 2.31. The third-order valence-corrected chi connectivity index (χ3v) is 3.43. The number of hydrogen-bond acceptors (Lipinski definition) is 2. The van der Waals surface area contributed by atoms with E-state index in [0.29, 0.717) is 12.8 Å². The minimum atomic E-state index is -2.12. The van der Waals surface area contributed by atoms with Crippen molar-refractivity contribution in [3.63, 3.8) is 0 Å². The number of halogens is 4. The van der Waals surface area contributed by atoms with E-state index in [4.69, 9.17) is 5.11 Å². The first-order valence-electron chi connectivity index (χ1n) is 6.29. The van der Waals surface area contributed by atoms with Crippen LogP contribution in [0.2, 0.25) is 0 Å². The van der Waals surface area contributed by atoms with Crippen LogP contribution in [0.5, 0.6) is 0 Å². The van der Waals surface area contributed by atoms with Gasteiger partial charge in [-0.2, -0.15) is 0 Å². The van der Waals surface area contributed by atoms with Crippen LogP contribution >= 0.6 is 0 Å². The summed E-state index contributed by atoms with van der Waals surface area (Å²) in [7, 11) is 0. The van der Waals surface area contributed by atoms with Crippen LogP contribution in [0.25, 0.3) is 0 Å². The predicted octanol–water partition coefficient (Wildman–Crippen LogP) is 3.69. The molecule has 2 N–H and O–H groups in total. The Bertz CT molecular complexity index is 542. The topological polar surface area (TPSA) is 49.3 Å². The Kier molecular flexibility index (Phi) is 4.15. The van der Waals surface area contributed by atoms with Crippen molar-refractivity contribution in [3.05, 3.63) is 28.8 Å². The third kappa shape index (κ3) is 2.57. The van der Waals surface area contributed by atoms with Gasteiger partial charge in [0, 0.05) is 6.04 Å². The standard InChI is InChI=1S/C13H13F4NO2/c14-8-7(13(19)20)12(11(17)10(16)9(8)15)18-6-4-2-1-3-5-6/h6,18H,1-5H2,(H,19,20). The third-order valence-electron chi connectivity index (χ3n) is 3.43. The molecule has 1 aliphatic rings. The number of nitrogens with one attached hydrogen (secondary N) is 1. The smallest absolute Gasteiger partial charge is 0.341 e. The summed E-state index contributed by atoms with van der Waals surface area (Å²) in [6, 6.07) is -0.277. The molecule has 0 saturated heterocycles. The lowest BCUT2D eigenvalue weighted by Crippen LogP contribution is -2.25. The fourth-order valence-electron chi connectivity index (χ4n) is 2.42. The van der Waals surface area contributed by atoms with Gasteiger partial charge in [-0.3, -0.25) is 0 Å². The highest BCUT2D eigenvalue weighted by molar-refractivity contribution is 5.94. The molecule has 1 saturated carbocycles. The number of carboxylic acids is 1. The molecule has 2 rings (SSSR count). The molecule has 0 aromatic heterocycles. The Morgan fingerprint density at radius 3 is 2.05 bits per heavy atom. The van der Waals surface area contributed by atoms with E-state index in [2.05, 4.69) is 5.32 Å². The summed E-state index contributed by atoms with van der Waals surface area (Å²) in [6.07, 6.45) is 3.98. The van der Waals surface area contributed by atoms with Gasteiger partial charge < -0.3 is 10.4 Å². The maximum absolute atomic E-state index is 13.7. The van der Waals surface area contributed by atoms with Gasteiger partial charge in [-0.1, -0.05) is 19.3 Å². The minimum Gasteiger partial charge on any atom is -0.478 e. The summed E-state index contributed by atoms with van der Waals surface area (Å²) in [5, 5.41) is 11.4. The molecule has 0 unspecified atom stereocenters. The van der Waals surface area contributed by atoms with E-state index in [1.165, 1.54) is 0 Å². The average molecular weight is 291 g/mol. The Labute approximate surface area is 112 Å². The van der Waals surface area contributed by atoms with Crippen LogP contribution in [0, 0.1) is 23.3 Å². The molecule has 0 aliphatic heterocycles. The molecule has 1 fully saturated rings. The van der Waals surface area contributed by atoms with Crippen LogP contribution in [0.1, 0.15) is 42.5 Å². The molecule has 1 aliphatic carbocycles. The highest BCUT2D eigenvalue weighted by atomic mass is 19.2. The van der Waals surface area contributed by atoms with E-state index in [0.717, 1.165) is 19.3 Å². The summed E-state index contributed by atoms with van der Waals surface area (Å²) >= 11 is 0. The first-order chi connectivity index (χ1) is 9.43. The molecule has 0 radical (unpaired) electrons. The first-order valence-corrected chi connectivity index (χ1v) is 6.29. The van der Waals surface area contributed by atoms with Crippen LogP contribution in [0.15, 0.2) is 0 Å². The lowest BCUT2D eigenvalue weighted by atomic mass is 9.95. The first kappa shape index (κ1) is 14.6. The zero-order valence-corrected chi connectivity index (χ0v) is 10.5. The average Bonchev–Trinajstić information content (AvgIpc) is 2.43. The fourth-order valence-corrected chi connectivity index (χ4v) is 2.42. The Morgan fingerprint density at radius 1 is 0.950 bits per heavy atom. The summed E-state index contributed by atoms with van der Waals surface area (Å²) < 4.78 is 53.5. The Hall–Kier alpha value is -1.79. The van der Waals surface area contributed by atoms with Crippen LogP contribution in [-0.2, 0) is 0 Å². The number of aromatic carboxylic acids is 1. The van der Waals surface area contributed by atoms with E-state index >= 15 is 0 Å². The molecule has 0 spiro atoms. The quantitative estimate of drug-likeness (QED) is 0.507. The van der Waals surface area contributed by atoms with Crippen molar-refractivity contribution < 1.29 is 27.5 Å². The van der Waals surface area contributed by atoms with Crippen molar-refractivity contribution in [2.75, 3.05) is 5.32 Å². The molecular weight excluding hydrogens is 278 g/mol. The van der Waals surface area contributed by atoms with Crippen molar-refractivity contribution in [2.45, 2.75) is 38.1 Å². The van der Waals surface area contributed by atoms with Gasteiger partial charge in [-0.25, -0.2) is 22.4 Å². The monoisotopic (exact) mass is 291 g/mol. The Morgan fingerprint density at radius 2 is 1.50 bits per heavy atom. The van der Waals surface area contributed by atoms with Gasteiger partial charge in [0.05, 0.1) is 5.69 Å². The molecule has 20 heavy (non-hydrogen) atoms. The lowest BCUT2D eigenvalue weighted by Gasteiger charge is -2.25. The van der Waals surface area contributed by atoms with Gasteiger partial charge in [-0.15, -0.1) is 0 Å². The molecule has 7 heteroatoms. The fraction of sp³-hybridized carbons (Fsp3) is 0.462. The second-order valence-corrected chi connectivity index (χ2v) is 4.79. The maximum atomic E-state index is 13.7. The maximum Gasteiger partial charge on any atom is 0.341 e. The van der Waals surface area contributed by atoms with Gasteiger partial charge in [0.15, 0.2) is 23.3 Å². The molecule has 1 aromatic rings. The van der Waals surface area contributed by atoms with E-state index in [-0.39, 0.29) is 6.04 Å². The summed E-state index contributed by atoms with van der Waals surface area (Å²) in [6.45, 7) is 0. The molecule has 0 bridgehead atoms. The lowest BCUT2D eigenvalue weighted by molar-refractivity contribution is 0.0690. The van der Waals surface area contributed by atoms with Crippen molar-refractivity contribution in [3.8, 4) is 0 Å². The van der Waals surface area contributed by atoms with Gasteiger partial charge >= 0.3 is 5.97 Å². The van der Waals surface area contributed by atoms with E-state index < -0.39 is 40.5 Å². The van der Waals surface area contributed by atoms with Gasteiger partial charge in [0.1, 0.15) is 5.56 Å². The molecule has 0 atom stereocenters. The zero-order valence-electron chi connectivity index (χ0n) is 10.5. The summed E-state index contributed by atoms with van der Waals surface area (Å²) in [5.41, 5.74) is -2.02. The van der Waals surface area contributed by atoms with Gasteiger partial charge in [0.2, 0.25) is 0 Å². The molecule has 0 amide bonds. The molecular formula is C13H13F4NO2. The number of hydrogen-bond donors (Lipinski definition) is 2. The number of rotatable bonds is 3. The molecule has 0 heterocycles. The number of anilines is 1. The molecule has 110 valence electrons. The minimum absolute atomic E-state index is 0.277. The van der Waals surface area contributed by atoms with Crippen molar-refractivity contribution in [1.82, 2.24) is 0 Å². The molecule has 1 aromatic carbocycles. The molecule has 3 nitrogen and oxygen atoms in total. The highest BCUT2D eigenvalue weighted by Gasteiger charge is 2.30. The van der Waals surface area contributed by atoms with Crippen molar-refractivity contribution in [2.24, 2.45) is 0 Å². The predicted molar refractivity (Wildman–Crippen MR) is 63.7 cm³/mol. The second kappa shape index (κ2) is 5.68. The number of benzene rings is 1. The van der Waals surface area contributed by atoms with E-state index in [1.54, 1.807) is 0 Å². The largest absolute Gasteiger partial charge is 0.478 e. The van der Waals surface area contributed by atoms with E-state index in [1.807, 2.05) is 0 Å². The van der Waals surface area contributed by atoms with Crippen molar-refractivity contribution in [1.29, 1.82) is 0 Å². The van der Waals surface area contributed by atoms with E-state index in [9.17, 15) is 22.4 Å². The number of carboxylic acid groups (broad SMARTS) is 1. The van der Waals surface area contributed by atoms with Crippen LogP contribution < -0.4 is 5.32 Å². The van der Waals surface area contributed by atoms with Gasteiger partial charge in [0.25, 0.3) is 0 Å². The number of carbonyl (C=O) groups is 1. The second-order valence-electron chi connectivity index (χ2n) is 4.79. The van der Waals surface area contributed by atoms with Crippen LogP contribution in [0.4, 0.5) is 23.2 Å². The summed E-state index contributed by atoms with van der Waals surface area (Å²) in [5.74, 6) is -9.57. The van der Waals surface area contributed by atoms with Gasteiger partial charge in [-0.05, 0) is 12.8 Å². The SMILES string of the molecule is O=C(O)c1c(F)c(F)c(F)c(F)c1NC1CCCCC1. The summed E-state index contributed by atoms with van der Waals surface area (Å²) in [4.78, 5) is 11.0. The Balaban J connectivity index is 2.46. The van der Waals surface area contributed by atoms with Crippen molar-refractivity contribution >= 4 is 11.7 Å². The zero-order chi connectivity index (χ0) is 14.9. The van der Waals surface area contributed by atoms with Crippen LogP contribution in [0.3, 0.4) is 0 Å².